The maximum Gasteiger partial charge on any atom is 0.195 e. The Morgan fingerprint density at radius 1 is 0.950 bits per heavy atom. The SMILES string of the molecule is Fc1ccc(-c2cn3c(n2)sc2cc(F)ccc23)cc1. The van der Waals surface area contributed by atoms with Gasteiger partial charge in [0.25, 0.3) is 0 Å². The minimum Gasteiger partial charge on any atom is -0.290 e. The third kappa shape index (κ3) is 1.71. The van der Waals surface area contributed by atoms with Crippen molar-refractivity contribution in [2.75, 3.05) is 0 Å². The summed E-state index contributed by atoms with van der Waals surface area (Å²) in [6.07, 6.45) is 1.89. The van der Waals surface area contributed by atoms with Gasteiger partial charge in [-0.1, -0.05) is 11.3 Å². The van der Waals surface area contributed by atoms with Gasteiger partial charge < -0.3 is 0 Å². The number of halogens is 2. The summed E-state index contributed by atoms with van der Waals surface area (Å²) >= 11 is 1.43. The van der Waals surface area contributed by atoms with Crippen LogP contribution in [0, 0.1) is 11.6 Å². The largest absolute Gasteiger partial charge is 0.290 e. The molecule has 0 N–H and O–H groups in total. The third-order valence-electron chi connectivity index (χ3n) is 3.20. The summed E-state index contributed by atoms with van der Waals surface area (Å²) in [5.74, 6) is -0.517. The van der Waals surface area contributed by atoms with E-state index in [-0.39, 0.29) is 11.6 Å². The van der Waals surface area contributed by atoms with Crippen LogP contribution < -0.4 is 0 Å². The van der Waals surface area contributed by atoms with Gasteiger partial charge in [-0.05, 0) is 42.5 Å². The minimum atomic E-state index is -0.268. The molecular weight excluding hydrogens is 278 g/mol. The zero-order valence-electron chi connectivity index (χ0n) is 10.2. The molecule has 0 unspecified atom stereocenters. The van der Waals surface area contributed by atoms with E-state index in [1.165, 1.54) is 35.6 Å². The zero-order valence-corrected chi connectivity index (χ0v) is 11.0. The Morgan fingerprint density at radius 2 is 1.70 bits per heavy atom. The van der Waals surface area contributed by atoms with Crippen LogP contribution in [0.25, 0.3) is 26.4 Å². The first-order chi connectivity index (χ1) is 9.70. The van der Waals surface area contributed by atoms with Crippen molar-refractivity contribution >= 4 is 26.5 Å². The van der Waals surface area contributed by atoms with Gasteiger partial charge in [0.2, 0.25) is 0 Å². The van der Waals surface area contributed by atoms with Crippen LogP contribution in [0.3, 0.4) is 0 Å². The van der Waals surface area contributed by atoms with Gasteiger partial charge in [0, 0.05) is 11.8 Å². The Kier molecular flexibility index (Phi) is 2.37. The number of imidazole rings is 1. The van der Waals surface area contributed by atoms with Crippen molar-refractivity contribution in [3.8, 4) is 11.3 Å². The van der Waals surface area contributed by atoms with E-state index in [1.54, 1.807) is 18.2 Å². The van der Waals surface area contributed by atoms with Gasteiger partial charge >= 0.3 is 0 Å². The predicted octanol–water partition coefficient (Wildman–Crippen LogP) is 4.49. The molecule has 2 aromatic heterocycles. The van der Waals surface area contributed by atoms with Crippen LogP contribution in [0.5, 0.6) is 0 Å². The first-order valence-electron chi connectivity index (χ1n) is 6.04. The molecule has 2 heterocycles. The fraction of sp³-hybridized carbons (Fsp3) is 0. The molecule has 0 saturated heterocycles. The number of nitrogens with zero attached hydrogens (tertiary/aromatic N) is 2. The van der Waals surface area contributed by atoms with Crippen molar-refractivity contribution in [3.05, 3.63) is 60.3 Å². The lowest BCUT2D eigenvalue weighted by atomic mass is 10.2. The Morgan fingerprint density at radius 3 is 2.50 bits per heavy atom. The fourth-order valence-corrected chi connectivity index (χ4v) is 3.27. The summed E-state index contributed by atoms with van der Waals surface area (Å²) in [7, 11) is 0. The van der Waals surface area contributed by atoms with Gasteiger partial charge in [0.05, 0.1) is 15.9 Å². The topological polar surface area (TPSA) is 17.3 Å². The molecule has 0 fully saturated rings. The summed E-state index contributed by atoms with van der Waals surface area (Å²) in [5.41, 5.74) is 2.56. The monoisotopic (exact) mass is 286 g/mol. The number of aromatic nitrogens is 2. The van der Waals surface area contributed by atoms with E-state index >= 15 is 0 Å². The normalized spacial score (nSPS) is 11.5. The molecule has 0 aliphatic carbocycles. The summed E-state index contributed by atoms with van der Waals surface area (Å²) in [6.45, 7) is 0. The highest BCUT2D eigenvalue weighted by atomic mass is 32.1. The molecular formula is C15H8F2N2S. The average molecular weight is 286 g/mol. The standard InChI is InChI=1S/C15H8F2N2S/c16-10-3-1-9(2-4-10)12-8-19-13-6-5-11(17)7-14(13)20-15(19)18-12/h1-8H. The van der Waals surface area contributed by atoms with Gasteiger partial charge in [-0.15, -0.1) is 0 Å². The molecule has 0 radical (unpaired) electrons. The number of thiazole rings is 1. The van der Waals surface area contributed by atoms with Crippen LogP contribution in [0.4, 0.5) is 8.78 Å². The fourth-order valence-electron chi connectivity index (χ4n) is 2.23. The lowest BCUT2D eigenvalue weighted by Gasteiger charge is -1.95. The molecule has 0 bridgehead atoms. The van der Waals surface area contributed by atoms with E-state index in [1.807, 2.05) is 10.6 Å². The number of fused-ring (bicyclic) bond motifs is 3. The second-order valence-corrected chi connectivity index (χ2v) is 5.51. The van der Waals surface area contributed by atoms with E-state index in [4.69, 9.17) is 0 Å². The second kappa shape index (κ2) is 4.11. The number of hydrogen-bond donors (Lipinski definition) is 0. The van der Waals surface area contributed by atoms with Crippen molar-refractivity contribution in [1.29, 1.82) is 0 Å². The third-order valence-corrected chi connectivity index (χ3v) is 4.21. The zero-order chi connectivity index (χ0) is 13.7. The van der Waals surface area contributed by atoms with Crippen LogP contribution in [0.1, 0.15) is 0 Å². The number of hydrogen-bond acceptors (Lipinski definition) is 2. The molecule has 0 aliphatic heterocycles. The molecule has 5 heteroatoms. The van der Waals surface area contributed by atoms with Crippen molar-refractivity contribution < 1.29 is 8.78 Å². The number of rotatable bonds is 1. The first kappa shape index (κ1) is 11.5. The van der Waals surface area contributed by atoms with Crippen molar-refractivity contribution in [2.24, 2.45) is 0 Å². The number of benzene rings is 2. The lowest BCUT2D eigenvalue weighted by Crippen LogP contribution is -1.79. The van der Waals surface area contributed by atoms with Crippen LogP contribution in [-0.4, -0.2) is 9.38 Å². The average Bonchev–Trinajstić information content (AvgIpc) is 2.96. The summed E-state index contributed by atoms with van der Waals surface area (Å²) < 4.78 is 28.9. The highest BCUT2D eigenvalue weighted by Crippen LogP contribution is 2.29. The quantitative estimate of drug-likeness (QED) is 0.504. The van der Waals surface area contributed by atoms with Crippen LogP contribution in [0.15, 0.2) is 48.7 Å². The molecule has 0 atom stereocenters. The smallest absolute Gasteiger partial charge is 0.195 e. The molecule has 2 nitrogen and oxygen atoms in total. The van der Waals surface area contributed by atoms with Crippen LogP contribution in [-0.2, 0) is 0 Å². The van der Waals surface area contributed by atoms with Crippen molar-refractivity contribution in [2.45, 2.75) is 0 Å². The molecule has 0 amide bonds. The molecule has 98 valence electrons. The van der Waals surface area contributed by atoms with E-state index in [0.29, 0.717) is 0 Å². The highest BCUT2D eigenvalue weighted by Gasteiger charge is 2.10. The Balaban J connectivity index is 1.93. The molecule has 0 spiro atoms. The van der Waals surface area contributed by atoms with Crippen molar-refractivity contribution in [1.82, 2.24) is 9.38 Å². The molecule has 20 heavy (non-hydrogen) atoms. The maximum absolute atomic E-state index is 13.2. The molecule has 4 rings (SSSR count). The lowest BCUT2D eigenvalue weighted by molar-refractivity contribution is 0.628. The Bertz CT molecular complexity index is 922. The molecule has 4 aromatic rings. The molecule has 2 aromatic carbocycles. The van der Waals surface area contributed by atoms with E-state index in [0.717, 1.165) is 26.4 Å². The van der Waals surface area contributed by atoms with Gasteiger partial charge in [-0.2, -0.15) is 0 Å². The van der Waals surface area contributed by atoms with Crippen LogP contribution in [0.2, 0.25) is 0 Å². The molecule has 0 aliphatic rings. The Labute approximate surface area is 116 Å². The van der Waals surface area contributed by atoms with Gasteiger partial charge in [0.15, 0.2) is 4.96 Å². The van der Waals surface area contributed by atoms with Crippen molar-refractivity contribution in [3.63, 3.8) is 0 Å². The molecule has 0 saturated carbocycles. The van der Waals surface area contributed by atoms with Gasteiger partial charge in [-0.25, -0.2) is 13.8 Å². The minimum absolute atomic E-state index is 0.249. The maximum atomic E-state index is 13.2. The Hall–Kier alpha value is -2.27. The summed E-state index contributed by atoms with van der Waals surface area (Å²) in [5, 5.41) is 0. The first-order valence-corrected chi connectivity index (χ1v) is 6.85. The van der Waals surface area contributed by atoms with Gasteiger partial charge in [-0.3, -0.25) is 4.40 Å². The van der Waals surface area contributed by atoms with Crippen LogP contribution >= 0.6 is 11.3 Å². The summed E-state index contributed by atoms with van der Waals surface area (Å²) in [4.78, 5) is 5.31. The van der Waals surface area contributed by atoms with E-state index < -0.39 is 0 Å². The second-order valence-electron chi connectivity index (χ2n) is 4.50. The predicted molar refractivity (Wildman–Crippen MR) is 75.9 cm³/mol. The summed E-state index contributed by atoms with van der Waals surface area (Å²) in [6, 6.07) is 10.9. The highest BCUT2D eigenvalue weighted by molar-refractivity contribution is 7.23. The van der Waals surface area contributed by atoms with Gasteiger partial charge in [0.1, 0.15) is 11.6 Å². The van der Waals surface area contributed by atoms with E-state index in [9.17, 15) is 8.78 Å². The van der Waals surface area contributed by atoms with E-state index in [2.05, 4.69) is 4.98 Å².